The second kappa shape index (κ2) is 8.88. The first-order valence-electron chi connectivity index (χ1n) is 9.20. The molecule has 0 radical (unpaired) electrons. The van der Waals surface area contributed by atoms with E-state index in [2.05, 4.69) is 10.3 Å². The van der Waals surface area contributed by atoms with Gasteiger partial charge in [-0.25, -0.2) is 4.98 Å². The van der Waals surface area contributed by atoms with Crippen molar-refractivity contribution < 1.29 is 9.53 Å². The van der Waals surface area contributed by atoms with E-state index in [1.807, 2.05) is 54.5 Å². The number of anilines is 1. The Morgan fingerprint density at radius 2 is 2.07 bits per heavy atom. The number of carbonyl (C=O) groups is 1. The minimum absolute atomic E-state index is 0.0739. The first-order valence-corrected chi connectivity index (χ1v) is 10.1. The molecule has 3 rings (SSSR count). The maximum atomic E-state index is 13.0. The molecule has 0 saturated heterocycles. The van der Waals surface area contributed by atoms with Crippen LogP contribution in [0.1, 0.15) is 19.4 Å². The van der Waals surface area contributed by atoms with Gasteiger partial charge in [-0.3, -0.25) is 14.2 Å². The van der Waals surface area contributed by atoms with Crippen LogP contribution in [0, 0.1) is 0 Å². The third-order valence-electron chi connectivity index (χ3n) is 4.52. The SMILES string of the molecule is CCN(CC)c1nc2ccsc2c(=O)n1CC(=O)NCc1cccc(OC)c1. The summed E-state index contributed by atoms with van der Waals surface area (Å²) in [6, 6.07) is 9.34. The number of amides is 1. The van der Waals surface area contributed by atoms with Gasteiger partial charge in [0.15, 0.2) is 0 Å². The van der Waals surface area contributed by atoms with Crippen LogP contribution < -0.4 is 20.5 Å². The van der Waals surface area contributed by atoms with Gasteiger partial charge in [0.2, 0.25) is 11.9 Å². The lowest BCUT2D eigenvalue weighted by molar-refractivity contribution is -0.121. The van der Waals surface area contributed by atoms with Crippen molar-refractivity contribution >= 4 is 33.4 Å². The van der Waals surface area contributed by atoms with E-state index < -0.39 is 0 Å². The number of benzene rings is 1. The van der Waals surface area contributed by atoms with E-state index in [0.717, 1.165) is 11.3 Å². The van der Waals surface area contributed by atoms with Crippen molar-refractivity contribution in [3.8, 4) is 5.75 Å². The number of ether oxygens (including phenoxy) is 1. The molecular weight excluding hydrogens is 376 g/mol. The Balaban J connectivity index is 1.83. The van der Waals surface area contributed by atoms with Gasteiger partial charge in [-0.1, -0.05) is 12.1 Å². The van der Waals surface area contributed by atoms with Gasteiger partial charge >= 0.3 is 0 Å². The molecule has 0 atom stereocenters. The van der Waals surface area contributed by atoms with Crippen LogP contribution in [0.4, 0.5) is 5.95 Å². The van der Waals surface area contributed by atoms with Gasteiger partial charge in [0.05, 0.1) is 12.6 Å². The fourth-order valence-corrected chi connectivity index (χ4v) is 3.78. The van der Waals surface area contributed by atoms with Crippen LogP contribution in [0.25, 0.3) is 10.2 Å². The molecule has 0 unspecified atom stereocenters. The van der Waals surface area contributed by atoms with Crippen LogP contribution in [-0.2, 0) is 17.9 Å². The first-order chi connectivity index (χ1) is 13.6. The van der Waals surface area contributed by atoms with E-state index in [9.17, 15) is 9.59 Å². The molecule has 28 heavy (non-hydrogen) atoms. The van der Waals surface area contributed by atoms with Gasteiger partial charge in [0.1, 0.15) is 17.0 Å². The summed E-state index contributed by atoms with van der Waals surface area (Å²) in [7, 11) is 1.60. The van der Waals surface area contributed by atoms with E-state index in [1.54, 1.807) is 7.11 Å². The second-order valence-electron chi connectivity index (χ2n) is 6.24. The minimum Gasteiger partial charge on any atom is -0.497 e. The molecule has 1 N–H and O–H groups in total. The molecule has 1 amide bonds. The van der Waals surface area contributed by atoms with Gasteiger partial charge in [0.25, 0.3) is 5.56 Å². The molecule has 0 aliphatic carbocycles. The van der Waals surface area contributed by atoms with E-state index in [1.165, 1.54) is 15.9 Å². The smallest absolute Gasteiger partial charge is 0.273 e. The fraction of sp³-hybridized carbons (Fsp3) is 0.350. The van der Waals surface area contributed by atoms with Crippen LogP contribution in [0.2, 0.25) is 0 Å². The number of carbonyl (C=O) groups excluding carboxylic acids is 1. The maximum absolute atomic E-state index is 13.0. The van der Waals surface area contributed by atoms with Crippen LogP contribution in [0.15, 0.2) is 40.5 Å². The Labute approximate surface area is 167 Å². The van der Waals surface area contributed by atoms with Crippen molar-refractivity contribution in [3.63, 3.8) is 0 Å². The lowest BCUT2D eigenvalue weighted by atomic mass is 10.2. The van der Waals surface area contributed by atoms with Crippen LogP contribution in [0.3, 0.4) is 0 Å². The highest BCUT2D eigenvalue weighted by Gasteiger charge is 2.18. The predicted octanol–water partition coefficient (Wildman–Crippen LogP) is 2.63. The molecular formula is C20H24N4O3S. The molecule has 2 aromatic heterocycles. The van der Waals surface area contributed by atoms with Gasteiger partial charge < -0.3 is 15.0 Å². The second-order valence-corrected chi connectivity index (χ2v) is 7.15. The molecule has 0 saturated carbocycles. The van der Waals surface area contributed by atoms with E-state index in [0.29, 0.717) is 35.8 Å². The first kappa shape index (κ1) is 19.9. The number of nitrogens with one attached hydrogen (secondary N) is 1. The predicted molar refractivity (Wildman–Crippen MR) is 112 cm³/mol. The molecule has 0 spiro atoms. The fourth-order valence-electron chi connectivity index (χ4n) is 3.01. The molecule has 7 nitrogen and oxygen atoms in total. The standard InChI is InChI=1S/C20H24N4O3S/c1-4-23(5-2)20-22-16-9-10-28-18(16)19(26)24(20)13-17(25)21-12-14-7-6-8-15(11-14)27-3/h6-11H,4-5,12-13H2,1-3H3,(H,21,25). The highest BCUT2D eigenvalue weighted by Crippen LogP contribution is 2.19. The molecule has 0 aliphatic heterocycles. The normalized spacial score (nSPS) is 10.8. The molecule has 2 heterocycles. The summed E-state index contributed by atoms with van der Waals surface area (Å²) in [5, 5.41) is 4.72. The summed E-state index contributed by atoms with van der Waals surface area (Å²) in [6.45, 7) is 5.69. The third-order valence-corrected chi connectivity index (χ3v) is 5.41. The highest BCUT2D eigenvalue weighted by atomic mass is 32.1. The Morgan fingerprint density at radius 1 is 1.29 bits per heavy atom. The zero-order valence-electron chi connectivity index (χ0n) is 16.3. The molecule has 8 heteroatoms. The molecule has 0 aliphatic rings. The minimum atomic E-state index is -0.240. The van der Waals surface area contributed by atoms with Crippen LogP contribution >= 0.6 is 11.3 Å². The summed E-state index contributed by atoms with van der Waals surface area (Å²) < 4.78 is 7.23. The number of hydrogen-bond donors (Lipinski definition) is 1. The lowest BCUT2D eigenvalue weighted by Gasteiger charge is -2.23. The van der Waals surface area contributed by atoms with E-state index in [-0.39, 0.29) is 18.0 Å². The molecule has 148 valence electrons. The number of hydrogen-bond acceptors (Lipinski definition) is 6. The lowest BCUT2D eigenvalue weighted by Crippen LogP contribution is -2.37. The van der Waals surface area contributed by atoms with Crippen molar-refractivity contribution in [1.29, 1.82) is 0 Å². The largest absolute Gasteiger partial charge is 0.497 e. The van der Waals surface area contributed by atoms with Gasteiger partial charge in [-0.2, -0.15) is 0 Å². The zero-order valence-corrected chi connectivity index (χ0v) is 17.1. The molecule has 0 fully saturated rings. The Hall–Kier alpha value is -2.87. The highest BCUT2D eigenvalue weighted by molar-refractivity contribution is 7.17. The van der Waals surface area contributed by atoms with Crippen molar-refractivity contribution in [3.05, 3.63) is 51.6 Å². The quantitative estimate of drug-likeness (QED) is 0.629. The van der Waals surface area contributed by atoms with Crippen molar-refractivity contribution in [1.82, 2.24) is 14.9 Å². The van der Waals surface area contributed by atoms with E-state index >= 15 is 0 Å². The number of nitrogens with zero attached hydrogens (tertiary/aromatic N) is 3. The Morgan fingerprint density at radius 3 is 2.79 bits per heavy atom. The molecule has 3 aromatic rings. The molecule has 1 aromatic carbocycles. The van der Waals surface area contributed by atoms with Crippen molar-refractivity contribution in [2.75, 3.05) is 25.1 Å². The van der Waals surface area contributed by atoms with Crippen LogP contribution in [0.5, 0.6) is 5.75 Å². The summed E-state index contributed by atoms with van der Waals surface area (Å²) in [4.78, 5) is 32.1. The summed E-state index contributed by atoms with van der Waals surface area (Å²) in [5.74, 6) is 1.02. The topological polar surface area (TPSA) is 76.5 Å². The number of rotatable bonds is 8. The number of aromatic nitrogens is 2. The zero-order chi connectivity index (χ0) is 20.1. The Kier molecular flexibility index (Phi) is 6.30. The number of methoxy groups -OCH3 is 1. The summed E-state index contributed by atoms with van der Waals surface area (Å²) >= 11 is 1.35. The van der Waals surface area contributed by atoms with E-state index in [4.69, 9.17) is 4.74 Å². The van der Waals surface area contributed by atoms with Gasteiger partial charge in [0, 0.05) is 19.6 Å². The maximum Gasteiger partial charge on any atom is 0.273 e. The molecule has 0 bridgehead atoms. The van der Waals surface area contributed by atoms with Gasteiger partial charge in [-0.05, 0) is 43.0 Å². The van der Waals surface area contributed by atoms with Crippen molar-refractivity contribution in [2.45, 2.75) is 26.9 Å². The summed E-state index contributed by atoms with van der Waals surface area (Å²) in [5.41, 5.74) is 1.42. The Bertz CT molecular complexity index is 1020. The monoisotopic (exact) mass is 400 g/mol. The third kappa shape index (κ3) is 4.17. The van der Waals surface area contributed by atoms with Gasteiger partial charge in [-0.15, -0.1) is 11.3 Å². The average molecular weight is 401 g/mol. The van der Waals surface area contributed by atoms with Crippen LogP contribution in [-0.4, -0.2) is 35.7 Å². The average Bonchev–Trinajstić information content (AvgIpc) is 3.19. The number of fused-ring (bicyclic) bond motifs is 1. The summed E-state index contributed by atoms with van der Waals surface area (Å²) in [6.07, 6.45) is 0. The number of thiophene rings is 1. The van der Waals surface area contributed by atoms with Crippen molar-refractivity contribution in [2.24, 2.45) is 0 Å².